The van der Waals surface area contributed by atoms with E-state index in [1.807, 2.05) is 17.0 Å². The SMILES string of the molecule is CCc1ccc(OCCNC(=O)N2CCC(Cc3ccccc3)CC2)cc1. The number of likely N-dealkylation sites (tertiary alicyclic amines) is 1. The molecule has 0 radical (unpaired) electrons. The third kappa shape index (κ3) is 6.02. The minimum absolute atomic E-state index is 0.0260. The van der Waals surface area contributed by atoms with E-state index in [1.54, 1.807) is 0 Å². The van der Waals surface area contributed by atoms with Crippen LogP contribution >= 0.6 is 0 Å². The highest BCUT2D eigenvalue weighted by atomic mass is 16.5. The Labute approximate surface area is 162 Å². The topological polar surface area (TPSA) is 41.6 Å². The monoisotopic (exact) mass is 366 g/mol. The van der Waals surface area contributed by atoms with Crippen molar-refractivity contribution >= 4 is 6.03 Å². The summed E-state index contributed by atoms with van der Waals surface area (Å²) in [7, 11) is 0. The van der Waals surface area contributed by atoms with Gasteiger partial charge in [-0.3, -0.25) is 0 Å². The molecule has 1 N–H and O–H groups in total. The second-order valence-electron chi connectivity index (χ2n) is 7.20. The van der Waals surface area contributed by atoms with Crippen LogP contribution in [0.5, 0.6) is 5.75 Å². The van der Waals surface area contributed by atoms with Crippen LogP contribution < -0.4 is 10.1 Å². The number of carbonyl (C=O) groups is 1. The van der Waals surface area contributed by atoms with Crippen molar-refractivity contribution in [1.82, 2.24) is 10.2 Å². The van der Waals surface area contributed by atoms with E-state index in [4.69, 9.17) is 4.74 Å². The maximum Gasteiger partial charge on any atom is 0.317 e. The van der Waals surface area contributed by atoms with Crippen LogP contribution in [0, 0.1) is 5.92 Å². The molecule has 2 amide bonds. The van der Waals surface area contributed by atoms with Gasteiger partial charge in [0.2, 0.25) is 0 Å². The number of nitrogens with one attached hydrogen (secondary N) is 1. The molecule has 0 bridgehead atoms. The summed E-state index contributed by atoms with van der Waals surface area (Å²) in [4.78, 5) is 14.2. The number of rotatable bonds is 7. The minimum Gasteiger partial charge on any atom is -0.492 e. The molecule has 3 rings (SSSR count). The molecule has 0 spiro atoms. The van der Waals surface area contributed by atoms with Crippen LogP contribution in [0.15, 0.2) is 54.6 Å². The van der Waals surface area contributed by atoms with Crippen LogP contribution in [0.4, 0.5) is 4.79 Å². The van der Waals surface area contributed by atoms with E-state index >= 15 is 0 Å². The smallest absolute Gasteiger partial charge is 0.317 e. The summed E-state index contributed by atoms with van der Waals surface area (Å²) >= 11 is 0. The summed E-state index contributed by atoms with van der Waals surface area (Å²) in [6, 6.07) is 18.8. The summed E-state index contributed by atoms with van der Waals surface area (Å²) in [5.74, 6) is 1.52. The molecular formula is C23H30N2O2. The standard InChI is InChI=1S/C23H30N2O2/c1-2-19-8-10-22(11-9-19)27-17-14-24-23(26)25-15-12-21(13-16-25)18-20-6-4-3-5-7-20/h3-11,21H,2,12-18H2,1H3,(H,24,26). The van der Waals surface area contributed by atoms with Crippen molar-refractivity contribution in [3.05, 3.63) is 65.7 Å². The fraction of sp³-hybridized carbons (Fsp3) is 0.435. The highest BCUT2D eigenvalue weighted by Gasteiger charge is 2.22. The Balaban J connectivity index is 1.32. The van der Waals surface area contributed by atoms with Crippen molar-refractivity contribution < 1.29 is 9.53 Å². The first-order valence-electron chi connectivity index (χ1n) is 10.0. The highest BCUT2D eigenvalue weighted by Crippen LogP contribution is 2.21. The summed E-state index contributed by atoms with van der Waals surface area (Å²) < 4.78 is 5.69. The molecule has 0 saturated carbocycles. The molecule has 4 heteroatoms. The third-order valence-electron chi connectivity index (χ3n) is 5.25. The van der Waals surface area contributed by atoms with Crippen LogP contribution in [-0.2, 0) is 12.8 Å². The van der Waals surface area contributed by atoms with Crippen LogP contribution in [-0.4, -0.2) is 37.2 Å². The molecule has 0 aliphatic carbocycles. The Bertz CT molecular complexity index is 692. The average Bonchev–Trinajstić information content (AvgIpc) is 2.73. The van der Waals surface area contributed by atoms with Crippen molar-refractivity contribution in [2.45, 2.75) is 32.6 Å². The zero-order valence-corrected chi connectivity index (χ0v) is 16.2. The van der Waals surface area contributed by atoms with Gasteiger partial charge in [-0.05, 0) is 54.9 Å². The van der Waals surface area contributed by atoms with Crippen LogP contribution in [0.25, 0.3) is 0 Å². The Hall–Kier alpha value is -2.49. The minimum atomic E-state index is 0.0260. The van der Waals surface area contributed by atoms with Gasteiger partial charge in [0.25, 0.3) is 0 Å². The molecule has 1 heterocycles. The first-order chi connectivity index (χ1) is 13.2. The lowest BCUT2D eigenvalue weighted by molar-refractivity contribution is 0.168. The number of carbonyl (C=O) groups excluding carboxylic acids is 1. The first kappa shape index (κ1) is 19.3. The van der Waals surface area contributed by atoms with Gasteiger partial charge >= 0.3 is 6.03 Å². The molecule has 0 atom stereocenters. The number of hydrogen-bond acceptors (Lipinski definition) is 2. The van der Waals surface area contributed by atoms with Gasteiger partial charge in [0, 0.05) is 13.1 Å². The molecule has 2 aromatic rings. The number of nitrogens with zero attached hydrogens (tertiary/aromatic N) is 1. The Kier molecular flexibility index (Phi) is 7.14. The van der Waals surface area contributed by atoms with E-state index in [0.717, 1.165) is 44.5 Å². The second kappa shape index (κ2) is 10.0. The number of benzene rings is 2. The Morgan fingerprint density at radius 2 is 1.74 bits per heavy atom. The fourth-order valence-corrected chi connectivity index (χ4v) is 3.55. The van der Waals surface area contributed by atoms with E-state index in [0.29, 0.717) is 19.1 Å². The van der Waals surface area contributed by atoms with Crippen LogP contribution in [0.2, 0.25) is 0 Å². The zero-order valence-electron chi connectivity index (χ0n) is 16.2. The van der Waals surface area contributed by atoms with Crippen molar-refractivity contribution in [3.63, 3.8) is 0 Å². The van der Waals surface area contributed by atoms with Crippen molar-refractivity contribution in [1.29, 1.82) is 0 Å². The largest absolute Gasteiger partial charge is 0.492 e. The van der Waals surface area contributed by atoms with Gasteiger partial charge < -0.3 is 15.0 Å². The van der Waals surface area contributed by atoms with Gasteiger partial charge in [0.15, 0.2) is 0 Å². The van der Waals surface area contributed by atoms with Crippen molar-refractivity contribution in [2.75, 3.05) is 26.2 Å². The summed E-state index contributed by atoms with van der Waals surface area (Å²) in [6.07, 6.45) is 4.28. The molecular weight excluding hydrogens is 336 g/mol. The molecule has 2 aromatic carbocycles. The van der Waals surface area contributed by atoms with E-state index in [-0.39, 0.29) is 6.03 Å². The molecule has 144 valence electrons. The summed E-state index contributed by atoms with van der Waals surface area (Å²) in [5.41, 5.74) is 2.69. The molecule has 1 aliphatic rings. The lowest BCUT2D eigenvalue weighted by Crippen LogP contribution is -2.45. The maximum absolute atomic E-state index is 12.3. The van der Waals surface area contributed by atoms with Gasteiger partial charge in [-0.25, -0.2) is 4.79 Å². The van der Waals surface area contributed by atoms with Crippen molar-refractivity contribution in [2.24, 2.45) is 5.92 Å². The summed E-state index contributed by atoms with van der Waals surface area (Å²) in [5, 5.41) is 2.97. The van der Waals surface area contributed by atoms with E-state index in [2.05, 4.69) is 54.7 Å². The lowest BCUT2D eigenvalue weighted by Gasteiger charge is -2.32. The fourth-order valence-electron chi connectivity index (χ4n) is 3.55. The number of urea groups is 1. The van der Waals surface area contributed by atoms with Gasteiger partial charge in [-0.2, -0.15) is 0 Å². The predicted octanol–water partition coefficient (Wildman–Crippen LogP) is 4.29. The summed E-state index contributed by atoms with van der Waals surface area (Å²) in [6.45, 7) is 4.82. The molecule has 1 fully saturated rings. The normalized spacial score (nSPS) is 14.8. The first-order valence-corrected chi connectivity index (χ1v) is 10.0. The number of hydrogen-bond donors (Lipinski definition) is 1. The number of amides is 2. The van der Waals surface area contributed by atoms with E-state index < -0.39 is 0 Å². The molecule has 0 aromatic heterocycles. The molecule has 0 unspecified atom stereocenters. The third-order valence-corrected chi connectivity index (χ3v) is 5.25. The quantitative estimate of drug-likeness (QED) is 0.743. The molecule has 4 nitrogen and oxygen atoms in total. The van der Waals surface area contributed by atoms with Crippen molar-refractivity contribution in [3.8, 4) is 5.75 Å². The number of piperidine rings is 1. The molecule has 27 heavy (non-hydrogen) atoms. The van der Waals surface area contributed by atoms with Gasteiger partial charge in [0.1, 0.15) is 12.4 Å². The highest BCUT2D eigenvalue weighted by molar-refractivity contribution is 5.74. The Morgan fingerprint density at radius 3 is 2.41 bits per heavy atom. The molecule has 1 aliphatic heterocycles. The second-order valence-corrected chi connectivity index (χ2v) is 7.20. The number of ether oxygens (including phenoxy) is 1. The van der Waals surface area contributed by atoms with E-state index in [1.165, 1.54) is 11.1 Å². The van der Waals surface area contributed by atoms with Gasteiger partial charge in [0.05, 0.1) is 6.54 Å². The Morgan fingerprint density at radius 1 is 1.04 bits per heavy atom. The zero-order chi connectivity index (χ0) is 18.9. The lowest BCUT2D eigenvalue weighted by atomic mass is 9.90. The van der Waals surface area contributed by atoms with Crippen LogP contribution in [0.3, 0.4) is 0 Å². The molecule has 1 saturated heterocycles. The number of aryl methyl sites for hydroxylation is 1. The average molecular weight is 367 g/mol. The van der Waals surface area contributed by atoms with Gasteiger partial charge in [-0.15, -0.1) is 0 Å². The van der Waals surface area contributed by atoms with Gasteiger partial charge in [-0.1, -0.05) is 49.4 Å². The maximum atomic E-state index is 12.3. The van der Waals surface area contributed by atoms with Crippen LogP contribution in [0.1, 0.15) is 30.9 Å². The predicted molar refractivity (Wildman–Crippen MR) is 109 cm³/mol. The van der Waals surface area contributed by atoms with E-state index in [9.17, 15) is 4.79 Å².